The normalized spacial score (nSPS) is 13.8. The van der Waals surface area contributed by atoms with Crippen molar-refractivity contribution in [3.05, 3.63) is 65.2 Å². The number of benzene rings is 2. The molecule has 2 atom stereocenters. The van der Waals surface area contributed by atoms with Crippen molar-refractivity contribution < 1.29 is 18.6 Å². The van der Waals surface area contributed by atoms with Crippen LogP contribution in [0.4, 0.5) is 8.78 Å². The minimum absolute atomic E-state index is 0.144. The molecule has 0 aromatic heterocycles. The Balaban J connectivity index is 2.30. The summed E-state index contributed by atoms with van der Waals surface area (Å²) in [5.41, 5.74) is 6.65. The molecule has 0 fully saturated rings. The molecule has 0 aliphatic heterocycles. The highest BCUT2D eigenvalue weighted by Crippen LogP contribution is 2.31. The Bertz CT molecular complexity index is 581. The van der Waals surface area contributed by atoms with Crippen molar-refractivity contribution in [2.24, 2.45) is 5.73 Å². The Morgan fingerprint density at radius 2 is 1.62 bits per heavy atom. The third kappa shape index (κ3) is 3.56. The van der Waals surface area contributed by atoms with E-state index >= 15 is 0 Å². The van der Waals surface area contributed by atoms with Gasteiger partial charge in [-0.1, -0.05) is 12.1 Å². The number of aliphatic hydroxyl groups is 1. The highest BCUT2D eigenvalue weighted by molar-refractivity contribution is 5.32. The molecule has 3 N–H and O–H groups in total. The SMILES string of the molecule is COc1ccc(C(CN)C(O)c2cc(F)cc(F)c2)cc1. The Hall–Kier alpha value is -1.98. The smallest absolute Gasteiger partial charge is 0.126 e. The topological polar surface area (TPSA) is 55.5 Å². The largest absolute Gasteiger partial charge is 0.497 e. The lowest BCUT2D eigenvalue weighted by Crippen LogP contribution is -2.20. The molecule has 112 valence electrons. The number of hydrogen-bond donors (Lipinski definition) is 2. The van der Waals surface area contributed by atoms with E-state index in [9.17, 15) is 13.9 Å². The predicted octanol–water partition coefficient (Wildman–Crippen LogP) is 2.75. The fourth-order valence-electron chi connectivity index (χ4n) is 2.28. The number of methoxy groups -OCH3 is 1. The first-order chi connectivity index (χ1) is 10.0. The van der Waals surface area contributed by atoms with Gasteiger partial charge >= 0.3 is 0 Å². The molecule has 3 nitrogen and oxygen atoms in total. The lowest BCUT2D eigenvalue weighted by atomic mass is 9.89. The minimum Gasteiger partial charge on any atom is -0.497 e. The molecule has 2 aromatic carbocycles. The van der Waals surface area contributed by atoms with Gasteiger partial charge < -0.3 is 15.6 Å². The molecule has 0 bridgehead atoms. The van der Waals surface area contributed by atoms with Crippen molar-refractivity contribution in [1.82, 2.24) is 0 Å². The molecule has 0 aliphatic rings. The molecule has 0 amide bonds. The van der Waals surface area contributed by atoms with E-state index < -0.39 is 23.7 Å². The summed E-state index contributed by atoms with van der Waals surface area (Å²) in [6.07, 6.45) is -1.09. The molecule has 0 saturated heterocycles. The number of rotatable bonds is 5. The van der Waals surface area contributed by atoms with Crippen molar-refractivity contribution in [3.8, 4) is 5.75 Å². The van der Waals surface area contributed by atoms with Crippen LogP contribution in [0.1, 0.15) is 23.1 Å². The first-order valence-corrected chi connectivity index (χ1v) is 6.53. The first kappa shape index (κ1) is 15.4. The first-order valence-electron chi connectivity index (χ1n) is 6.53. The van der Waals surface area contributed by atoms with Gasteiger partial charge in [-0.3, -0.25) is 0 Å². The van der Waals surface area contributed by atoms with E-state index in [4.69, 9.17) is 10.5 Å². The number of aliphatic hydroxyl groups excluding tert-OH is 1. The Labute approximate surface area is 122 Å². The van der Waals surface area contributed by atoms with E-state index in [2.05, 4.69) is 0 Å². The van der Waals surface area contributed by atoms with E-state index in [1.807, 2.05) is 0 Å². The van der Waals surface area contributed by atoms with Gasteiger partial charge in [-0.15, -0.1) is 0 Å². The minimum atomic E-state index is -1.09. The lowest BCUT2D eigenvalue weighted by molar-refractivity contribution is 0.146. The monoisotopic (exact) mass is 293 g/mol. The van der Waals surface area contributed by atoms with Gasteiger partial charge in [0.1, 0.15) is 17.4 Å². The summed E-state index contributed by atoms with van der Waals surface area (Å²) in [4.78, 5) is 0. The number of nitrogens with two attached hydrogens (primary N) is 1. The van der Waals surface area contributed by atoms with Crippen molar-refractivity contribution in [2.75, 3.05) is 13.7 Å². The average Bonchev–Trinajstić information content (AvgIpc) is 2.47. The molecule has 21 heavy (non-hydrogen) atoms. The second kappa shape index (κ2) is 6.65. The van der Waals surface area contributed by atoms with E-state index in [1.165, 1.54) is 0 Å². The lowest BCUT2D eigenvalue weighted by Gasteiger charge is -2.22. The molecule has 5 heteroatoms. The molecule has 2 aromatic rings. The van der Waals surface area contributed by atoms with Crippen LogP contribution in [-0.4, -0.2) is 18.8 Å². The van der Waals surface area contributed by atoms with Gasteiger partial charge in [0.05, 0.1) is 13.2 Å². The molecule has 2 rings (SSSR count). The molecule has 0 aliphatic carbocycles. The van der Waals surface area contributed by atoms with Crippen LogP contribution < -0.4 is 10.5 Å². The number of hydrogen-bond acceptors (Lipinski definition) is 3. The van der Waals surface area contributed by atoms with Crippen molar-refractivity contribution in [2.45, 2.75) is 12.0 Å². The summed E-state index contributed by atoms with van der Waals surface area (Å²) in [6, 6.07) is 10.0. The van der Waals surface area contributed by atoms with E-state index in [-0.39, 0.29) is 12.1 Å². The molecule has 0 saturated carbocycles. The van der Waals surface area contributed by atoms with E-state index in [0.717, 1.165) is 23.8 Å². The maximum absolute atomic E-state index is 13.3. The van der Waals surface area contributed by atoms with Crippen LogP contribution >= 0.6 is 0 Å². The van der Waals surface area contributed by atoms with Gasteiger partial charge in [-0.2, -0.15) is 0 Å². The van der Waals surface area contributed by atoms with Crippen LogP contribution in [0.2, 0.25) is 0 Å². The van der Waals surface area contributed by atoms with Crippen LogP contribution in [0.3, 0.4) is 0 Å². The third-order valence-corrected chi connectivity index (χ3v) is 3.41. The van der Waals surface area contributed by atoms with Crippen LogP contribution in [0.25, 0.3) is 0 Å². The molecular formula is C16H17F2NO2. The van der Waals surface area contributed by atoms with E-state index in [1.54, 1.807) is 31.4 Å². The summed E-state index contributed by atoms with van der Waals surface area (Å²) < 4.78 is 31.6. The molecule has 0 spiro atoms. The van der Waals surface area contributed by atoms with Crippen molar-refractivity contribution >= 4 is 0 Å². The quantitative estimate of drug-likeness (QED) is 0.891. The second-order valence-electron chi connectivity index (χ2n) is 4.76. The number of halogens is 2. The number of ether oxygens (including phenoxy) is 1. The maximum Gasteiger partial charge on any atom is 0.126 e. The van der Waals surface area contributed by atoms with Crippen LogP contribution in [0.5, 0.6) is 5.75 Å². The molecule has 0 radical (unpaired) electrons. The van der Waals surface area contributed by atoms with Gasteiger partial charge in [0.2, 0.25) is 0 Å². The zero-order valence-electron chi connectivity index (χ0n) is 11.6. The Kier molecular flexibility index (Phi) is 4.88. The van der Waals surface area contributed by atoms with Gasteiger partial charge in [0.15, 0.2) is 0 Å². The van der Waals surface area contributed by atoms with E-state index in [0.29, 0.717) is 5.75 Å². The van der Waals surface area contributed by atoms with Gasteiger partial charge in [-0.25, -0.2) is 8.78 Å². The Morgan fingerprint density at radius 3 is 2.10 bits per heavy atom. The summed E-state index contributed by atoms with van der Waals surface area (Å²) in [5, 5.41) is 10.4. The summed E-state index contributed by atoms with van der Waals surface area (Å²) in [7, 11) is 1.56. The van der Waals surface area contributed by atoms with Crippen LogP contribution in [-0.2, 0) is 0 Å². The fourth-order valence-corrected chi connectivity index (χ4v) is 2.28. The molecule has 2 unspecified atom stereocenters. The summed E-state index contributed by atoms with van der Waals surface area (Å²) in [5.74, 6) is -1.23. The zero-order chi connectivity index (χ0) is 15.4. The summed E-state index contributed by atoms with van der Waals surface area (Å²) in [6.45, 7) is 0.144. The highest BCUT2D eigenvalue weighted by atomic mass is 19.1. The molecular weight excluding hydrogens is 276 g/mol. The summed E-state index contributed by atoms with van der Waals surface area (Å²) >= 11 is 0. The average molecular weight is 293 g/mol. The fraction of sp³-hybridized carbons (Fsp3) is 0.250. The van der Waals surface area contributed by atoms with Gasteiger partial charge in [0, 0.05) is 18.5 Å². The maximum atomic E-state index is 13.3. The van der Waals surface area contributed by atoms with Crippen LogP contribution in [0.15, 0.2) is 42.5 Å². The Morgan fingerprint density at radius 1 is 1.05 bits per heavy atom. The molecule has 0 heterocycles. The van der Waals surface area contributed by atoms with Crippen molar-refractivity contribution in [1.29, 1.82) is 0 Å². The zero-order valence-corrected chi connectivity index (χ0v) is 11.6. The van der Waals surface area contributed by atoms with Crippen molar-refractivity contribution in [3.63, 3.8) is 0 Å². The predicted molar refractivity (Wildman–Crippen MR) is 76.1 cm³/mol. The van der Waals surface area contributed by atoms with Gasteiger partial charge in [0.25, 0.3) is 0 Å². The second-order valence-corrected chi connectivity index (χ2v) is 4.76. The van der Waals surface area contributed by atoms with Gasteiger partial charge in [-0.05, 0) is 35.4 Å². The standard InChI is InChI=1S/C16H17F2NO2/c1-21-14-4-2-10(3-5-14)15(9-19)16(20)11-6-12(17)8-13(18)7-11/h2-8,15-16,20H,9,19H2,1H3. The van der Waals surface area contributed by atoms with Crippen LogP contribution in [0, 0.1) is 11.6 Å². The third-order valence-electron chi connectivity index (χ3n) is 3.41. The highest BCUT2D eigenvalue weighted by Gasteiger charge is 2.22.